The van der Waals surface area contributed by atoms with Crippen LogP contribution in [0, 0.1) is 6.92 Å². The largest absolute Gasteiger partial charge is 0.364 e. The number of rotatable bonds is 8. The molecule has 166 valence electrons. The third-order valence-corrected chi connectivity index (χ3v) is 11.2. The molecule has 0 aliphatic heterocycles. The van der Waals surface area contributed by atoms with E-state index in [2.05, 4.69) is 11.9 Å². The molecule has 1 fully saturated rings. The number of nitrogens with zero attached hydrogens (tertiary/aromatic N) is 2. The van der Waals surface area contributed by atoms with Crippen LogP contribution in [-0.4, -0.2) is 40.7 Å². The van der Waals surface area contributed by atoms with Crippen molar-refractivity contribution in [2.24, 2.45) is 0 Å². The Kier molecular flexibility index (Phi) is 7.24. The van der Waals surface area contributed by atoms with Gasteiger partial charge in [0.15, 0.2) is 5.03 Å². The third-order valence-electron chi connectivity index (χ3n) is 5.57. The zero-order valence-corrected chi connectivity index (χ0v) is 20.2. The molecular formula is C21H30N2O4S3. The average molecular weight is 471 g/mol. The summed E-state index contributed by atoms with van der Waals surface area (Å²) in [6.45, 7) is 4.58. The highest BCUT2D eigenvalue weighted by Crippen LogP contribution is 2.39. The highest BCUT2D eigenvalue weighted by Gasteiger charge is 2.36. The molecule has 0 amide bonds. The zero-order chi connectivity index (χ0) is 21.9. The molecule has 1 aromatic carbocycles. The lowest BCUT2D eigenvalue weighted by molar-refractivity contribution is 0.483. The van der Waals surface area contributed by atoms with Crippen LogP contribution in [0.25, 0.3) is 0 Å². The second-order valence-electron chi connectivity index (χ2n) is 7.99. The molecule has 1 aliphatic rings. The molecule has 1 aromatic heterocycles. The smallest absolute Gasteiger partial charge is 0.226 e. The van der Waals surface area contributed by atoms with Gasteiger partial charge in [0.05, 0.1) is 10.1 Å². The van der Waals surface area contributed by atoms with E-state index in [9.17, 15) is 16.8 Å². The molecule has 1 heterocycles. The van der Waals surface area contributed by atoms with Crippen LogP contribution in [0.4, 0.5) is 5.00 Å². The molecule has 0 saturated heterocycles. The normalized spacial score (nSPS) is 16.0. The molecule has 1 saturated carbocycles. The average Bonchev–Trinajstić information content (AvgIpc) is 3.20. The Morgan fingerprint density at radius 1 is 1.07 bits per heavy atom. The molecule has 0 unspecified atom stereocenters. The monoisotopic (exact) mass is 470 g/mol. The lowest BCUT2D eigenvalue weighted by Gasteiger charge is -2.20. The summed E-state index contributed by atoms with van der Waals surface area (Å²) in [5.74, 6) is 0. The molecule has 3 rings (SSSR count). The van der Waals surface area contributed by atoms with Crippen LogP contribution >= 0.6 is 11.3 Å². The fourth-order valence-electron chi connectivity index (χ4n) is 3.66. The van der Waals surface area contributed by atoms with E-state index in [1.165, 1.54) is 0 Å². The van der Waals surface area contributed by atoms with Crippen molar-refractivity contribution in [3.63, 3.8) is 0 Å². The Labute approximate surface area is 184 Å². The Bertz CT molecular complexity index is 1070. The predicted octanol–water partition coefficient (Wildman–Crippen LogP) is 4.63. The van der Waals surface area contributed by atoms with Crippen LogP contribution in [0.15, 0.2) is 38.5 Å². The molecule has 30 heavy (non-hydrogen) atoms. The highest BCUT2D eigenvalue weighted by molar-refractivity contribution is 7.94. The van der Waals surface area contributed by atoms with Crippen LogP contribution in [0.1, 0.15) is 57.4 Å². The molecule has 9 heteroatoms. The van der Waals surface area contributed by atoms with Gasteiger partial charge in [-0.15, -0.1) is 0 Å². The number of benzene rings is 1. The van der Waals surface area contributed by atoms with E-state index in [4.69, 9.17) is 0 Å². The molecule has 0 radical (unpaired) electrons. The van der Waals surface area contributed by atoms with Gasteiger partial charge >= 0.3 is 0 Å². The fraction of sp³-hybridized carbons (Fsp3) is 0.571. The molecule has 6 nitrogen and oxygen atoms in total. The summed E-state index contributed by atoms with van der Waals surface area (Å²) in [6, 6.07) is 6.57. The molecule has 0 bridgehead atoms. The van der Waals surface area contributed by atoms with Gasteiger partial charge in [-0.05, 0) is 38.3 Å². The minimum Gasteiger partial charge on any atom is -0.364 e. The van der Waals surface area contributed by atoms with E-state index in [-0.39, 0.29) is 14.3 Å². The summed E-state index contributed by atoms with van der Waals surface area (Å²) < 4.78 is 53.2. The number of hydrogen-bond donors (Lipinski definition) is 0. The van der Waals surface area contributed by atoms with Gasteiger partial charge in [-0.3, -0.25) is 0 Å². The number of aromatic nitrogens is 1. The van der Waals surface area contributed by atoms with Crippen molar-refractivity contribution in [1.29, 1.82) is 0 Å². The maximum Gasteiger partial charge on any atom is 0.226 e. The van der Waals surface area contributed by atoms with E-state index in [0.29, 0.717) is 24.4 Å². The van der Waals surface area contributed by atoms with Crippen molar-refractivity contribution < 1.29 is 16.8 Å². The minimum atomic E-state index is -3.93. The zero-order valence-electron chi connectivity index (χ0n) is 17.8. The maximum absolute atomic E-state index is 13.4. The minimum absolute atomic E-state index is 0.0709. The van der Waals surface area contributed by atoms with Gasteiger partial charge in [-0.1, -0.05) is 61.6 Å². The van der Waals surface area contributed by atoms with Gasteiger partial charge in [0, 0.05) is 13.6 Å². The first-order chi connectivity index (χ1) is 14.2. The first-order valence-corrected chi connectivity index (χ1v) is 14.3. The summed E-state index contributed by atoms with van der Waals surface area (Å²) in [6.07, 6.45) is 5.87. The van der Waals surface area contributed by atoms with Crippen molar-refractivity contribution >= 4 is 36.0 Å². The second kappa shape index (κ2) is 9.36. The third kappa shape index (κ3) is 4.73. The van der Waals surface area contributed by atoms with Gasteiger partial charge < -0.3 is 4.90 Å². The molecule has 0 spiro atoms. The van der Waals surface area contributed by atoms with E-state index in [1.807, 2.05) is 11.8 Å². The van der Waals surface area contributed by atoms with E-state index in [0.717, 1.165) is 49.0 Å². The Morgan fingerprint density at radius 2 is 1.70 bits per heavy atom. The highest BCUT2D eigenvalue weighted by atomic mass is 32.2. The van der Waals surface area contributed by atoms with Crippen LogP contribution in [0.3, 0.4) is 0 Å². The molecule has 1 aliphatic carbocycles. The van der Waals surface area contributed by atoms with Gasteiger partial charge in [-0.25, -0.2) is 21.8 Å². The number of aryl methyl sites for hydroxylation is 1. The standard InChI is InChI=1S/C21H30N2O4S3/c1-4-5-15-23(3)20-19(29(24,25)18-13-11-16(2)12-14-18)22-21(28-20)30(26,27)17-9-7-6-8-10-17/h11-14,17H,4-10,15H2,1-3H3. The van der Waals surface area contributed by atoms with Gasteiger partial charge in [0.2, 0.25) is 24.0 Å². The topological polar surface area (TPSA) is 84.4 Å². The Hall–Kier alpha value is -1.45. The van der Waals surface area contributed by atoms with Crippen LogP contribution < -0.4 is 4.90 Å². The lowest BCUT2D eigenvalue weighted by Crippen LogP contribution is -2.24. The quantitative estimate of drug-likeness (QED) is 0.559. The van der Waals surface area contributed by atoms with E-state index in [1.54, 1.807) is 31.3 Å². The molecular weight excluding hydrogens is 440 g/mol. The van der Waals surface area contributed by atoms with Gasteiger partial charge in [-0.2, -0.15) is 0 Å². The predicted molar refractivity (Wildman–Crippen MR) is 121 cm³/mol. The first kappa shape index (κ1) is 23.2. The van der Waals surface area contributed by atoms with Crippen molar-refractivity contribution in [2.75, 3.05) is 18.5 Å². The molecule has 2 aromatic rings. The first-order valence-electron chi connectivity index (χ1n) is 10.5. The molecule has 0 atom stereocenters. The van der Waals surface area contributed by atoms with Crippen molar-refractivity contribution in [3.8, 4) is 0 Å². The Morgan fingerprint density at radius 3 is 2.30 bits per heavy atom. The second-order valence-corrected chi connectivity index (χ2v) is 13.2. The van der Waals surface area contributed by atoms with Gasteiger partial charge in [0.25, 0.3) is 0 Å². The Balaban J connectivity index is 2.09. The van der Waals surface area contributed by atoms with Crippen LogP contribution in [0.5, 0.6) is 0 Å². The lowest BCUT2D eigenvalue weighted by atomic mass is 10.0. The number of thiazole rings is 1. The maximum atomic E-state index is 13.4. The van der Waals surface area contributed by atoms with Crippen LogP contribution in [-0.2, 0) is 19.7 Å². The molecule has 0 N–H and O–H groups in total. The van der Waals surface area contributed by atoms with Crippen LogP contribution in [0.2, 0.25) is 0 Å². The van der Waals surface area contributed by atoms with Crippen molar-refractivity contribution in [3.05, 3.63) is 29.8 Å². The number of sulfone groups is 2. The van der Waals surface area contributed by atoms with E-state index >= 15 is 0 Å². The number of unbranched alkanes of at least 4 members (excludes halogenated alkanes) is 1. The van der Waals surface area contributed by atoms with E-state index < -0.39 is 24.9 Å². The summed E-state index contributed by atoms with van der Waals surface area (Å²) in [7, 11) is -5.78. The van der Waals surface area contributed by atoms with Crippen molar-refractivity contribution in [1.82, 2.24) is 4.98 Å². The SMILES string of the molecule is CCCCN(C)c1sc(S(=O)(=O)C2CCCCC2)nc1S(=O)(=O)c1ccc(C)cc1. The summed E-state index contributed by atoms with van der Waals surface area (Å²) in [5.41, 5.74) is 0.952. The number of anilines is 1. The van der Waals surface area contributed by atoms with Gasteiger partial charge in [0.1, 0.15) is 5.00 Å². The summed E-state index contributed by atoms with van der Waals surface area (Å²) in [4.78, 5) is 6.21. The summed E-state index contributed by atoms with van der Waals surface area (Å²) in [5, 5.41) is -0.219. The van der Waals surface area contributed by atoms with Crippen molar-refractivity contribution in [2.45, 2.75) is 78.3 Å². The number of hydrogen-bond acceptors (Lipinski definition) is 7. The fourth-order valence-corrected chi connectivity index (χ4v) is 8.80. The summed E-state index contributed by atoms with van der Waals surface area (Å²) >= 11 is 0.991.